The largest absolute Gasteiger partial charge is 0.496 e. The number of hydrogen-bond acceptors (Lipinski definition) is 5. The second kappa shape index (κ2) is 8.31. The summed E-state index contributed by atoms with van der Waals surface area (Å²) in [5.41, 5.74) is 2.06. The highest BCUT2D eigenvalue weighted by Crippen LogP contribution is 2.29. The molecule has 0 radical (unpaired) electrons. The van der Waals surface area contributed by atoms with Gasteiger partial charge >= 0.3 is 0 Å². The van der Waals surface area contributed by atoms with Crippen LogP contribution in [0.3, 0.4) is 0 Å². The molecule has 0 aliphatic rings. The Hall–Kier alpha value is -4.13. The number of anilines is 1. The molecule has 0 bridgehead atoms. The highest BCUT2D eigenvalue weighted by atomic mass is 16.5. The number of nitrogens with one attached hydrogen (secondary N) is 1. The molecule has 0 aliphatic heterocycles. The van der Waals surface area contributed by atoms with Crippen molar-refractivity contribution in [1.29, 1.82) is 0 Å². The van der Waals surface area contributed by atoms with Crippen LogP contribution in [0.15, 0.2) is 71.5 Å². The van der Waals surface area contributed by atoms with Gasteiger partial charge in [0.2, 0.25) is 0 Å². The number of carbonyl (C=O) groups excluding carboxylic acids is 1. The minimum Gasteiger partial charge on any atom is -0.496 e. The molecule has 3 aromatic carbocycles. The second-order valence-electron chi connectivity index (χ2n) is 6.86. The van der Waals surface area contributed by atoms with Gasteiger partial charge in [0, 0.05) is 5.69 Å². The zero-order valence-electron chi connectivity index (χ0n) is 17.4. The first kappa shape index (κ1) is 20.2. The van der Waals surface area contributed by atoms with Crippen LogP contribution < -0.4 is 20.3 Å². The van der Waals surface area contributed by atoms with E-state index in [-0.39, 0.29) is 11.5 Å². The fourth-order valence-corrected chi connectivity index (χ4v) is 3.51. The quantitative estimate of drug-likeness (QED) is 0.533. The molecule has 31 heavy (non-hydrogen) atoms. The van der Waals surface area contributed by atoms with Gasteiger partial charge in [-0.3, -0.25) is 14.2 Å². The lowest BCUT2D eigenvalue weighted by Gasteiger charge is -2.14. The maximum absolute atomic E-state index is 13.0. The van der Waals surface area contributed by atoms with Crippen LogP contribution >= 0.6 is 0 Å². The van der Waals surface area contributed by atoms with Gasteiger partial charge < -0.3 is 14.8 Å². The van der Waals surface area contributed by atoms with Crippen LogP contribution in [-0.2, 0) is 0 Å². The lowest BCUT2D eigenvalue weighted by Crippen LogP contribution is -2.22. The standard InChI is InChI=1S/C24H21N3O4/c1-15-25-19-8-5-4-7-18(19)24(29)27(15)17-13-11-16(12-14-17)26-23(28)22-20(30-2)9-6-10-21(22)31-3/h4-14H,1-3H3,(H,26,28). The monoisotopic (exact) mass is 415 g/mol. The molecule has 1 N–H and O–H groups in total. The molecule has 0 saturated heterocycles. The van der Waals surface area contributed by atoms with E-state index in [1.165, 1.54) is 14.2 Å². The maximum Gasteiger partial charge on any atom is 0.265 e. The Morgan fingerprint density at radius 3 is 2.19 bits per heavy atom. The van der Waals surface area contributed by atoms with E-state index in [2.05, 4.69) is 10.3 Å². The molecule has 4 rings (SSSR count). The van der Waals surface area contributed by atoms with E-state index < -0.39 is 0 Å². The molecule has 1 heterocycles. The number of aromatic nitrogens is 2. The van der Waals surface area contributed by atoms with Crippen LogP contribution in [0.1, 0.15) is 16.2 Å². The number of rotatable bonds is 5. The van der Waals surface area contributed by atoms with Crippen molar-refractivity contribution in [2.24, 2.45) is 0 Å². The van der Waals surface area contributed by atoms with Gasteiger partial charge in [0.25, 0.3) is 11.5 Å². The molecule has 0 atom stereocenters. The fourth-order valence-electron chi connectivity index (χ4n) is 3.51. The molecule has 7 nitrogen and oxygen atoms in total. The fraction of sp³-hybridized carbons (Fsp3) is 0.125. The van der Waals surface area contributed by atoms with Gasteiger partial charge in [0.15, 0.2) is 0 Å². The molecule has 1 aromatic heterocycles. The van der Waals surface area contributed by atoms with Gasteiger partial charge in [-0.2, -0.15) is 0 Å². The van der Waals surface area contributed by atoms with Crippen LogP contribution in [0.25, 0.3) is 16.6 Å². The van der Waals surface area contributed by atoms with Gasteiger partial charge in [-0.15, -0.1) is 0 Å². The van der Waals surface area contributed by atoms with E-state index >= 15 is 0 Å². The Kier molecular flexibility index (Phi) is 5.41. The Balaban J connectivity index is 1.66. The van der Waals surface area contributed by atoms with Crippen molar-refractivity contribution >= 4 is 22.5 Å². The molecule has 4 aromatic rings. The number of ether oxygens (including phenoxy) is 2. The minimum atomic E-state index is -0.359. The van der Waals surface area contributed by atoms with E-state index in [4.69, 9.17) is 9.47 Å². The number of carbonyl (C=O) groups is 1. The first-order valence-electron chi connectivity index (χ1n) is 9.64. The number of para-hydroxylation sites is 1. The van der Waals surface area contributed by atoms with Crippen molar-refractivity contribution in [3.8, 4) is 17.2 Å². The molecule has 0 unspecified atom stereocenters. The lowest BCUT2D eigenvalue weighted by molar-refractivity contribution is 0.102. The third kappa shape index (κ3) is 3.73. The van der Waals surface area contributed by atoms with Crippen molar-refractivity contribution in [1.82, 2.24) is 9.55 Å². The van der Waals surface area contributed by atoms with Crippen molar-refractivity contribution in [3.63, 3.8) is 0 Å². The third-order valence-electron chi connectivity index (χ3n) is 4.98. The molecule has 156 valence electrons. The summed E-state index contributed by atoms with van der Waals surface area (Å²) >= 11 is 0. The van der Waals surface area contributed by atoms with Crippen molar-refractivity contribution in [2.45, 2.75) is 6.92 Å². The lowest BCUT2D eigenvalue weighted by atomic mass is 10.1. The molecular weight excluding hydrogens is 394 g/mol. The van der Waals surface area contributed by atoms with Crippen LogP contribution in [0.4, 0.5) is 5.69 Å². The average molecular weight is 415 g/mol. The summed E-state index contributed by atoms with van der Waals surface area (Å²) in [7, 11) is 3.00. The Labute approximate surface area is 178 Å². The Bertz CT molecular complexity index is 1300. The van der Waals surface area contributed by atoms with E-state index in [1.807, 2.05) is 18.2 Å². The van der Waals surface area contributed by atoms with Crippen LogP contribution in [0.2, 0.25) is 0 Å². The van der Waals surface area contributed by atoms with Crippen molar-refractivity contribution < 1.29 is 14.3 Å². The van der Waals surface area contributed by atoms with Crippen LogP contribution in [-0.4, -0.2) is 29.7 Å². The number of aryl methyl sites for hydroxylation is 1. The predicted octanol–water partition coefficient (Wildman–Crippen LogP) is 3.96. The van der Waals surface area contributed by atoms with Gasteiger partial charge in [-0.05, 0) is 55.5 Å². The highest BCUT2D eigenvalue weighted by molar-refractivity contribution is 6.08. The summed E-state index contributed by atoms with van der Waals surface area (Å²) in [6.45, 7) is 1.79. The summed E-state index contributed by atoms with van der Waals surface area (Å²) in [6, 6.07) is 19.4. The van der Waals surface area contributed by atoms with Crippen molar-refractivity contribution in [3.05, 3.63) is 88.5 Å². The zero-order chi connectivity index (χ0) is 22.0. The van der Waals surface area contributed by atoms with Crippen LogP contribution in [0, 0.1) is 6.92 Å². The Morgan fingerprint density at radius 1 is 0.903 bits per heavy atom. The van der Waals surface area contributed by atoms with E-state index in [0.717, 1.165) is 0 Å². The number of hydrogen-bond donors (Lipinski definition) is 1. The number of fused-ring (bicyclic) bond motifs is 1. The molecule has 1 amide bonds. The minimum absolute atomic E-state index is 0.140. The second-order valence-corrected chi connectivity index (χ2v) is 6.86. The zero-order valence-corrected chi connectivity index (χ0v) is 17.4. The highest BCUT2D eigenvalue weighted by Gasteiger charge is 2.18. The van der Waals surface area contributed by atoms with Crippen molar-refractivity contribution in [2.75, 3.05) is 19.5 Å². The molecule has 0 aliphatic carbocycles. The number of benzene rings is 3. The third-order valence-corrected chi connectivity index (χ3v) is 4.98. The Morgan fingerprint density at radius 2 is 1.55 bits per heavy atom. The molecular formula is C24H21N3O4. The van der Waals surface area contributed by atoms with Gasteiger partial charge in [0.05, 0.1) is 30.8 Å². The van der Waals surface area contributed by atoms with E-state index in [1.54, 1.807) is 60.0 Å². The molecule has 0 fully saturated rings. The number of amides is 1. The van der Waals surface area contributed by atoms with Gasteiger partial charge in [0.1, 0.15) is 22.9 Å². The summed E-state index contributed by atoms with van der Waals surface area (Å²) in [4.78, 5) is 30.3. The first-order chi connectivity index (χ1) is 15.0. The molecule has 0 spiro atoms. The number of methoxy groups -OCH3 is 2. The summed E-state index contributed by atoms with van der Waals surface area (Å²) < 4.78 is 12.2. The topological polar surface area (TPSA) is 82.4 Å². The predicted molar refractivity (Wildman–Crippen MR) is 120 cm³/mol. The first-order valence-corrected chi connectivity index (χ1v) is 9.64. The van der Waals surface area contributed by atoms with Crippen LogP contribution in [0.5, 0.6) is 11.5 Å². The summed E-state index contributed by atoms with van der Waals surface area (Å²) in [5, 5.41) is 3.39. The SMILES string of the molecule is COc1cccc(OC)c1C(=O)Nc1ccc(-n2c(C)nc3ccccc3c2=O)cc1. The molecule has 7 heteroatoms. The smallest absolute Gasteiger partial charge is 0.265 e. The average Bonchev–Trinajstić information content (AvgIpc) is 2.79. The normalized spacial score (nSPS) is 10.7. The van der Waals surface area contributed by atoms with Gasteiger partial charge in [-0.1, -0.05) is 18.2 Å². The summed E-state index contributed by atoms with van der Waals surface area (Å²) in [5.74, 6) is 1.05. The maximum atomic E-state index is 13.0. The van der Waals surface area contributed by atoms with E-state index in [9.17, 15) is 9.59 Å². The number of nitrogens with zero attached hydrogens (tertiary/aromatic N) is 2. The molecule has 0 saturated carbocycles. The van der Waals surface area contributed by atoms with Gasteiger partial charge in [-0.25, -0.2) is 4.98 Å². The summed E-state index contributed by atoms with van der Waals surface area (Å²) in [6.07, 6.45) is 0. The van der Waals surface area contributed by atoms with E-state index in [0.29, 0.717) is 45.2 Å².